The van der Waals surface area contributed by atoms with Crippen LogP contribution in [0.4, 0.5) is 0 Å². The van der Waals surface area contributed by atoms with Gasteiger partial charge in [0, 0.05) is 13.0 Å². The maximum atomic E-state index is 12.7. The molecule has 0 aromatic heterocycles. The average Bonchev–Trinajstić information content (AvgIpc) is 3.09. The summed E-state index contributed by atoms with van der Waals surface area (Å²) in [6, 6.07) is -0.995. The lowest BCUT2D eigenvalue weighted by molar-refractivity contribution is -0.148. The van der Waals surface area contributed by atoms with Crippen LogP contribution in [0.2, 0.25) is 0 Å². The van der Waals surface area contributed by atoms with Crippen molar-refractivity contribution in [3.8, 4) is 0 Å². The molecule has 0 radical (unpaired) electrons. The third-order valence-corrected chi connectivity index (χ3v) is 8.28. The van der Waals surface area contributed by atoms with Crippen LogP contribution in [0.3, 0.4) is 0 Å². The van der Waals surface area contributed by atoms with Crippen LogP contribution in [0.15, 0.2) is 53.8 Å². The highest BCUT2D eigenvalue weighted by Gasteiger charge is 2.23. The van der Waals surface area contributed by atoms with Crippen molar-refractivity contribution in [3.05, 3.63) is 53.5 Å². The van der Waals surface area contributed by atoms with E-state index in [1.54, 1.807) is 0 Å². The fraction of sp³-hybridized carbons (Fsp3) is 0.732. The van der Waals surface area contributed by atoms with Gasteiger partial charge in [-0.25, -0.2) is 4.79 Å². The summed E-state index contributed by atoms with van der Waals surface area (Å²) in [6.45, 7) is 4.06. The molecule has 0 aliphatic carbocycles. The van der Waals surface area contributed by atoms with Gasteiger partial charge in [0.05, 0.1) is 6.61 Å². The summed E-state index contributed by atoms with van der Waals surface area (Å²) in [5.74, 6) is -1.42. The van der Waals surface area contributed by atoms with E-state index in [1.807, 2.05) is 0 Å². The molecule has 8 nitrogen and oxygen atoms in total. The van der Waals surface area contributed by atoms with Crippen molar-refractivity contribution < 1.29 is 19.1 Å². The van der Waals surface area contributed by atoms with Gasteiger partial charge in [-0.1, -0.05) is 138 Å². The van der Waals surface area contributed by atoms with Crippen molar-refractivity contribution in [1.29, 1.82) is 0 Å². The Bertz CT molecular complexity index is 928. The van der Waals surface area contributed by atoms with Crippen molar-refractivity contribution in [1.82, 2.24) is 10.6 Å². The van der Waals surface area contributed by atoms with Crippen LogP contribution >= 0.6 is 0 Å². The Morgan fingerprint density at radius 2 is 1.02 bits per heavy atom. The molecule has 0 spiro atoms. The summed E-state index contributed by atoms with van der Waals surface area (Å²) >= 11 is 0. The summed E-state index contributed by atoms with van der Waals surface area (Å²) in [4.78, 5) is 47.4. The second-order valence-electron chi connectivity index (χ2n) is 12.9. The number of nitrogens with zero attached hydrogens (tertiary/aromatic N) is 1. The van der Waals surface area contributed by atoms with Gasteiger partial charge in [-0.05, 0) is 77.0 Å². The number of carbonyl (C=O) groups excluding carboxylic acids is 3. The molecule has 1 unspecified atom stereocenters. The molecular weight excluding hydrogens is 614 g/mol. The van der Waals surface area contributed by atoms with Crippen LogP contribution in [-0.2, 0) is 19.1 Å². The van der Waals surface area contributed by atoms with Gasteiger partial charge in [-0.3, -0.25) is 9.59 Å². The molecule has 2 N–H and O–H groups in total. The van der Waals surface area contributed by atoms with Gasteiger partial charge in [-0.15, -0.1) is 0 Å². The number of carbonyl (C=O) groups is 3. The van der Waals surface area contributed by atoms with Crippen LogP contribution in [0, 0.1) is 4.91 Å². The Hall–Kier alpha value is -3.03. The van der Waals surface area contributed by atoms with Gasteiger partial charge in [0.2, 0.25) is 11.8 Å². The number of rotatable bonds is 35. The number of nitroso groups, excluding NO2 is 1. The largest absolute Gasteiger partial charge is 0.464 e. The molecule has 0 aromatic rings. The Kier molecular flexibility index (Phi) is 35.4. The molecule has 0 aliphatic rings. The number of unbranched alkanes of at least 4 members (excludes halogenated alkanes) is 17. The summed E-state index contributed by atoms with van der Waals surface area (Å²) < 4.78 is 5.43. The van der Waals surface area contributed by atoms with E-state index in [1.165, 1.54) is 64.2 Å². The summed E-state index contributed by atoms with van der Waals surface area (Å²) in [6.07, 6.45) is 44.1. The highest BCUT2D eigenvalue weighted by Crippen LogP contribution is 2.10. The molecule has 0 heterocycles. The van der Waals surface area contributed by atoms with E-state index in [4.69, 9.17) is 4.74 Å². The van der Waals surface area contributed by atoms with Crippen molar-refractivity contribution in [2.45, 2.75) is 174 Å². The fourth-order valence-electron chi connectivity index (χ4n) is 5.25. The van der Waals surface area contributed by atoms with Gasteiger partial charge in [0.1, 0.15) is 6.04 Å². The van der Waals surface area contributed by atoms with Crippen LogP contribution in [-0.4, -0.2) is 43.5 Å². The number of hydrogen-bond acceptors (Lipinski definition) is 6. The van der Waals surface area contributed by atoms with E-state index >= 15 is 0 Å². The molecule has 0 fully saturated rings. The van der Waals surface area contributed by atoms with E-state index < -0.39 is 24.5 Å². The van der Waals surface area contributed by atoms with E-state index in [0.717, 1.165) is 83.5 Å². The van der Waals surface area contributed by atoms with Crippen molar-refractivity contribution >= 4 is 17.8 Å². The zero-order valence-corrected chi connectivity index (χ0v) is 31.3. The molecular formula is C41H71N3O5. The summed E-state index contributed by atoms with van der Waals surface area (Å²) in [5, 5.41) is 7.77. The SMILES string of the molecule is CCCCC/C=C\C/C=C\CCCCCCCCOC(=O)C(CNC(=O)CN=O)NC(=O)CCCCCCC/C=C\C/C=C\CCCCC. The highest BCUT2D eigenvalue weighted by molar-refractivity contribution is 5.85. The average molecular weight is 686 g/mol. The third-order valence-electron chi connectivity index (χ3n) is 8.28. The first-order chi connectivity index (χ1) is 24.0. The highest BCUT2D eigenvalue weighted by atomic mass is 16.5. The smallest absolute Gasteiger partial charge is 0.330 e. The zero-order valence-electron chi connectivity index (χ0n) is 31.3. The number of allylic oxidation sites excluding steroid dienone is 8. The standard InChI is InChI=1S/C41H71N3O5/c1-3-5-7-9-11-13-15-17-19-21-23-25-27-29-31-33-35-49-41(47)38(36-42-40(46)37-43-48)44-39(45)34-32-30-28-26-24-22-20-18-16-14-12-10-8-6-4-2/h11-14,17-20,38H,3-10,15-16,21-37H2,1-2H3,(H,42,46)(H,44,45)/b13-11-,14-12-,19-17-,20-18-. The summed E-state index contributed by atoms with van der Waals surface area (Å²) in [7, 11) is 0. The quantitative estimate of drug-likeness (QED) is 0.0298. The first kappa shape index (κ1) is 46.0. The second-order valence-corrected chi connectivity index (χ2v) is 12.9. The Labute approximate surface area is 299 Å². The maximum Gasteiger partial charge on any atom is 0.330 e. The van der Waals surface area contributed by atoms with E-state index in [9.17, 15) is 19.3 Å². The van der Waals surface area contributed by atoms with Crippen LogP contribution < -0.4 is 10.6 Å². The Morgan fingerprint density at radius 3 is 1.51 bits per heavy atom. The van der Waals surface area contributed by atoms with Gasteiger partial charge >= 0.3 is 5.97 Å². The Morgan fingerprint density at radius 1 is 0.571 bits per heavy atom. The predicted octanol–water partition coefficient (Wildman–Crippen LogP) is 10.5. The van der Waals surface area contributed by atoms with Gasteiger partial charge in [-0.2, -0.15) is 4.91 Å². The van der Waals surface area contributed by atoms with Crippen molar-refractivity contribution in [2.24, 2.45) is 5.18 Å². The van der Waals surface area contributed by atoms with Gasteiger partial charge < -0.3 is 15.4 Å². The number of ether oxygens (including phenoxy) is 1. The molecule has 0 bridgehead atoms. The van der Waals surface area contributed by atoms with E-state index in [-0.39, 0.29) is 19.1 Å². The van der Waals surface area contributed by atoms with Crippen molar-refractivity contribution in [3.63, 3.8) is 0 Å². The molecule has 0 saturated carbocycles. The normalized spacial score (nSPS) is 12.4. The zero-order chi connectivity index (χ0) is 35.9. The molecule has 0 saturated heterocycles. The van der Waals surface area contributed by atoms with Crippen LogP contribution in [0.5, 0.6) is 0 Å². The Balaban J connectivity index is 4.10. The van der Waals surface area contributed by atoms with Crippen LogP contribution in [0.25, 0.3) is 0 Å². The third kappa shape index (κ3) is 34.6. The van der Waals surface area contributed by atoms with E-state index in [0.29, 0.717) is 6.42 Å². The molecule has 0 aliphatic heterocycles. The van der Waals surface area contributed by atoms with Crippen LogP contribution in [0.1, 0.15) is 168 Å². The van der Waals surface area contributed by atoms with Crippen molar-refractivity contribution in [2.75, 3.05) is 19.7 Å². The molecule has 2 amide bonds. The number of amides is 2. The predicted molar refractivity (Wildman–Crippen MR) is 205 cm³/mol. The lowest BCUT2D eigenvalue weighted by Crippen LogP contribution is -2.49. The first-order valence-electron chi connectivity index (χ1n) is 19.7. The number of hydrogen-bond donors (Lipinski definition) is 2. The first-order valence-corrected chi connectivity index (χ1v) is 19.7. The molecule has 0 aromatic carbocycles. The minimum absolute atomic E-state index is 0.134. The monoisotopic (exact) mass is 686 g/mol. The molecule has 49 heavy (non-hydrogen) atoms. The second kappa shape index (κ2) is 37.8. The molecule has 8 heteroatoms. The van der Waals surface area contributed by atoms with Gasteiger partial charge in [0.25, 0.3) is 0 Å². The van der Waals surface area contributed by atoms with Gasteiger partial charge in [0.15, 0.2) is 6.54 Å². The topological polar surface area (TPSA) is 114 Å². The lowest BCUT2D eigenvalue weighted by atomic mass is 10.1. The molecule has 1 atom stereocenters. The fourth-order valence-corrected chi connectivity index (χ4v) is 5.25. The molecule has 0 rings (SSSR count). The minimum Gasteiger partial charge on any atom is -0.464 e. The summed E-state index contributed by atoms with van der Waals surface area (Å²) in [5.41, 5.74) is 0. The number of esters is 1. The maximum absolute atomic E-state index is 12.7. The minimum atomic E-state index is -0.995. The number of nitrogens with one attached hydrogen (secondary N) is 2. The molecule has 280 valence electrons. The van der Waals surface area contributed by atoms with E-state index in [2.05, 4.69) is 78.3 Å². The lowest BCUT2D eigenvalue weighted by Gasteiger charge is -2.18.